The van der Waals surface area contributed by atoms with Crippen LogP contribution >= 0.6 is 0 Å². The van der Waals surface area contributed by atoms with Crippen molar-refractivity contribution in [2.45, 2.75) is 31.7 Å². The van der Waals surface area contributed by atoms with E-state index >= 15 is 0 Å². The van der Waals surface area contributed by atoms with E-state index in [1.807, 2.05) is 0 Å². The standard InChI is InChI=1S/C6H11NO/c7-5-2-1-3-6(8)4-5/h5H,1-4,7H2/t5-/m0/s1. The minimum Gasteiger partial charge on any atom is -0.327 e. The Hall–Kier alpha value is -0.370. The van der Waals surface area contributed by atoms with Gasteiger partial charge in [0, 0.05) is 18.9 Å². The zero-order chi connectivity index (χ0) is 5.98. The lowest BCUT2D eigenvalue weighted by atomic mass is 9.95. The van der Waals surface area contributed by atoms with Crippen LogP contribution in [0.3, 0.4) is 0 Å². The van der Waals surface area contributed by atoms with Crippen LogP contribution in [0, 0.1) is 0 Å². The lowest BCUT2D eigenvalue weighted by molar-refractivity contribution is -0.120. The quantitative estimate of drug-likeness (QED) is 0.496. The third-order valence-corrected chi connectivity index (χ3v) is 1.52. The summed E-state index contributed by atoms with van der Waals surface area (Å²) in [5.74, 6) is 0.337. The van der Waals surface area contributed by atoms with E-state index in [0.717, 1.165) is 19.3 Å². The Labute approximate surface area is 49.1 Å². The molecule has 0 unspecified atom stereocenters. The highest BCUT2D eigenvalue weighted by atomic mass is 16.1. The topological polar surface area (TPSA) is 43.1 Å². The largest absolute Gasteiger partial charge is 0.327 e. The summed E-state index contributed by atoms with van der Waals surface area (Å²) in [6, 6.07) is 0.163. The monoisotopic (exact) mass is 113 g/mol. The molecule has 0 spiro atoms. The first kappa shape index (κ1) is 5.76. The molecule has 0 aromatic rings. The Morgan fingerprint density at radius 1 is 1.62 bits per heavy atom. The highest BCUT2D eigenvalue weighted by Gasteiger charge is 2.14. The van der Waals surface area contributed by atoms with E-state index in [1.54, 1.807) is 0 Å². The smallest absolute Gasteiger partial charge is 0.134 e. The molecule has 1 aliphatic rings. The van der Waals surface area contributed by atoms with Crippen molar-refractivity contribution in [1.29, 1.82) is 0 Å². The van der Waals surface area contributed by atoms with E-state index in [2.05, 4.69) is 0 Å². The number of Topliss-reactive ketones (excluding diaryl/α,β-unsaturated/α-hetero) is 1. The number of carbonyl (C=O) groups is 1. The molecule has 2 heteroatoms. The summed E-state index contributed by atoms with van der Waals surface area (Å²) in [5, 5.41) is 0. The summed E-state index contributed by atoms with van der Waals surface area (Å²) in [7, 11) is 0. The van der Waals surface area contributed by atoms with E-state index in [-0.39, 0.29) is 6.04 Å². The van der Waals surface area contributed by atoms with Crippen molar-refractivity contribution >= 4 is 5.78 Å². The highest BCUT2D eigenvalue weighted by Crippen LogP contribution is 2.11. The molecule has 1 fully saturated rings. The van der Waals surface area contributed by atoms with E-state index in [4.69, 9.17) is 5.73 Å². The zero-order valence-electron chi connectivity index (χ0n) is 4.89. The molecule has 1 rings (SSSR count). The van der Waals surface area contributed by atoms with Gasteiger partial charge in [-0.15, -0.1) is 0 Å². The van der Waals surface area contributed by atoms with Gasteiger partial charge in [-0.05, 0) is 12.8 Å². The Balaban J connectivity index is 2.34. The van der Waals surface area contributed by atoms with Crippen molar-refractivity contribution in [3.8, 4) is 0 Å². The van der Waals surface area contributed by atoms with Gasteiger partial charge in [0.2, 0.25) is 0 Å². The van der Waals surface area contributed by atoms with Crippen molar-refractivity contribution < 1.29 is 4.79 Å². The van der Waals surface area contributed by atoms with Gasteiger partial charge in [0.25, 0.3) is 0 Å². The first-order chi connectivity index (χ1) is 3.79. The summed E-state index contributed by atoms with van der Waals surface area (Å²) in [6.07, 6.45) is 3.40. The average molecular weight is 113 g/mol. The second-order valence-electron chi connectivity index (χ2n) is 2.40. The highest BCUT2D eigenvalue weighted by molar-refractivity contribution is 5.79. The van der Waals surface area contributed by atoms with Gasteiger partial charge in [-0.3, -0.25) is 4.79 Å². The average Bonchev–Trinajstić information content (AvgIpc) is 1.64. The SMILES string of the molecule is N[C@H]1CCCC(=O)C1. The van der Waals surface area contributed by atoms with Gasteiger partial charge < -0.3 is 5.73 Å². The van der Waals surface area contributed by atoms with Gasteiger partial charge in [-0.25, -0.2) is 0 Å². The molecular weight excluding hydrogens is 102 g/mol. The van der Waals surface area contributed by atoms with E-state index < -0.39 is 0 Å². The second-order valence-corrected chi connectivity index (χ2v) is 2.40. The van der Waals surface area contributed by atoms with Crippen LogP contribution in [0.25, 0.3) is 0 Å². The summed E-state index contributed by atoms with van der Waals surface area (Å²) in [6.45, 7) is 0. The number of carbonyl (C=O) groups excluding carboxylic acids is 1. The number of nitrogens with two attached hydrogens (primary N) is 1. The summed E-state index contributed by atoms with van der Waals surface area (Å²) < 4.78 is 0. The predicted octanol–water partition coefficient (Wildman–Crippen LogP) is 0.457. The Kier molecular flexibility index (Phi) is 1.63. The van der Waals surface area contributed by atoms with Crippen molar-refractivity contribution in [2.24, 2.45) is 5.73 Å². The first-order valence-corrected chi connectivity index (χ1v) is 3.06. The molecule has 0 aromatic heterocycles. The lowest BCUT2D eigenvalue weighted by Gasteiger charge is -2.14. The maximum atomic E-state index is 10.6. The molecule has 0 aromatic carbocycles. The fraction of sp³-hybridized carbons (Fsp3) is 0.833. The van der Waals surface area contributed by atoms with Crippen molar-refractivity contribution in [2.75, 3.05) is 0 Å². The molecule has 0 radical (unpaired) electrons. The molecule has 2 nitrogen and oxygen atoms in total. The number of hydrogen-bond donors (Lipinski definition) is 1. The predicted molar refractivity (Wildman–Crippen MR) is 31.5 cm³/mol. The normalized spacial score (nSPS) is 30.6. The Bertz CT molecular complexity index is 101. The molecule has 0 saturated heterocycles. The molecule has 0 bridgehead atoms. The van der Waals surface area contributed by atoms with Gasteiger partial charge in [0.05, 0.1) is 0 Å². The van der Waals surface area contributed by atoms with Crippen molar-refractivity contribution in [1.82, 2.24) is 0 Å². The molecule has 1 saturated carbocycles. The molecule has 0 amide bonds. The van der Waals surface area contributed by atoms with Crippen molar-refractivity contribution in [3.05, 3.63) is 0 Å². The van der Waals surface area contributed by atoms with Crippen LogP contribution in [-0.4, -0.2) is 11.8 Å². The minimum absolute atomic E-state index is 0.163. The minimum atomic E-state index is 0.163. The third-order valence-electron chi connectivity index (χ3n) is 1.52. The fourth-order valence-corrected chi connectivity index (χ4v) is 1.06. The molecular formula is C6H11NO. The number of ketones is 1. The van der Waals surface area contributed by atoms with Gasteiger partial charge in [0.1, 0.15) is 5.78 Å². The Morgan fingerprint density at radius 3 is 2.75 bits per heavy atom. The molecule has 1 atom stereocenters. The van der Waals surface area contributed by atoms with E-state index in [0.29, 0.717) is 12.2 Å². The van der Waals surface area contributed by atoms with Crippen LogP contribution in [0.15, 0.2) is 0 Å². The van der Waals surface area contributed by atoms with Crippen LogP contribution in [0.2, 0.25) is 0 Å². The van der Waals surface area contributed by atoms with Gasteiger partial charge in [-0.1, -0.05) is 0 Å². The molecule has 8 heavy (non-hydrogen) atoms. The maximum absolute atomic E-state index is 10.6. The van der Waals surface area contributed by atoms with Crippen LogP contribution < -0.4 is 5.73 Å². The lowest BCUT2D eigenvalue weighted by Crippen LogP contribution is -2.27. The van der Waals surface area contributed by atoms with Gasteiger partial charge in [-0.2, -0.15) is 0 Å². The fourth-order valence-electron chi connectivity index (χ4n) is 1.06. The van der Waals surface area contributed by atoms with Gasteiger partial charge in [0.15, 0.2) is 0 Å². The zero-order valence-corrected chi connectivity index (χ0v) is 4.89. The molecule has 0 aliphatic heterocycles. The first-order valence-electron chi connectivity index (χ1n) is 3.06. The van der Waals surface area contributed by atoms with Gasteiger partial charge >= 0.3 is 0 Å². The molecule has 46 valence electrons. The van der Waals surface area contributed by atoms with E-state index in [9.17, 15) is 4.79 Å². The number of hydrogen-bond acceptors (Lipinski definition) is 2. The van der Waals surface area contributed by atoms with Crippen LogP contribution in [0.1, 0.15) is 25.7 Å². The number of rotatable bonds is 0. The second kappa shape index (κ2) is 2.27. The van der Waals surface area contributed by atoms with Crippen molar-refractivity contribution in [3.63, 3.8) is 0 Å². The molecule has 0 heterocycles. The third kappa shape index (κ3) is 1.30. The summed E-state index contributed by atoms with van der Waals surface area (Å²) in [4.78, 5) is 10.6. The molecule has 2 N–H and O–H groups in total. The maximum Gasteiger partial charge on any atom is 0.134 e. The van der Waals surface area contributed by atoms with E-state index in [1.165, 1.54) is 0 Å². The Morgan fingerprint density at radius 2 is 2.38 bits per heavy atom. The van der Waals surface area contributed by atoms with Crippen LogP contribution in [-0.2, 0) is 4.79 Å². The van der Waals surface area contributed by atoms with Crippen LogP contribution in [0.5, 0.6) is 0 Å². The molecule has 1 aliphatic carbocycles. The van der Waals surface area contributed by atoms with Crippen LogP contribution in [0.4, 0.5) is 0 Å². The summed E-state index contributed by atoms with van der Waals surface area (Å²) >= 11 is 0. The summed E-state index contributed by atoms with van der Waals surface area (Å²) in [5.41, 5.74) is 5.50.